The van der Waals surface area contributed by atoms with Crippen LogP contribution in [0.25, 0.3) is 16.0 Å². The van der Waals surface area contributed by atoms with E-state index in [-0.39, 0.29) is 6.17 Å². The lowest BCUT2D eigenvalue weighted by Gasteiger charge is -2.30. The Kier molecular flexibility index (Phi) is 3.89. The highest BCUT2D eigenvalue weighted by atomic mass is 15.4. The van der Waals surface area contributed by atoms with Gasteiger partial charge in [-0.15, -0.1) is 0 Å². The maximum atomic E-state index is 7.61. The van der Waals surface area contributed by atoms with E-state index < -0.39 is 0 Å². The Morgan fingerprint density at radius 2 is 1.65 bits per heavy atom. The van der Waals surface area contributed by atoms with Crippen molar-refractivity contribution in [2.45, 2.75) is 20.0 Å². The fraction of sp³-hybridized carbons (Fsp3) is 0.174. The highest BCUT2D eigenvalue weighted by molar-refractivity contribution is 5.94. The first-order valence-electron chi connectivity index (χ1n) is 8.80. The van der Waals surface area contributed by atoms with Crippen molar-refractivity contribution in [3.63, 3.8) is 0 Å². The van der Waals surface area contributed by atoms with Gasteiger partial charge in [0, 0.05) is 12.7 Å². The molecule has 26 heavy (non-hydrogen) atoms. The van der Waals surface area contributed by atoms with E-state index in [1.807, 2.05) is 18.2 Å². The molecule has 0 aromatic heterocycles. The van der Waals surface area contributed by atoms with Crippen molar-refractivity contribution in [3.05, 3.63) is 83.7 Å². The summed E-state index contributed by atoms with van der Waals surface area (Å²) in [4.78, 5) is 8.31. The Bertz CT molecular complexity index is 1000. The van der Waals surface area contributed by atoms with Crippen LogP contribution in [0.1, 0.15) is 12.5 Å². The van der Waals surface area contributed by atoms with Gasteiger partial charge < -0.3 is 9.80 Å². The average molecular weight is 339 g/mol. The van der Waals surface area contributed by atoms with Crippen molar-refractivity contribution in [2.24, 2.45) is 0 Å². The molecule has 0 bridgehead atoms. The maximum Gasteiger partial charge on any atom is 0.212 e. The van der Waals surface area contributed by atoms with E-state index in [1.54, 1.807) is 0 Å². The van der Waals surface area contributed by atoms with Crippen LogP contribution in [-0.4, -0.2) is 13.2 Å². The first-order valence-corrected chi connectivity index (χ1v) is 8.80. The smallest absolute Gasteiger partial charge is 0.212 e. The van der Waals surface area contributed by atoms with Crippen LogP contribution in [0.5, 0.6) is 0 Å². The monoisotopic (exact) mass is 339 g/mol. The molecule has 3 aromatic rings. The number of nitrogens with zero attached hydrogens (tertiary/aromatic N) is 3. The van der Waals surface area contributed by atoms with E-state index in [4.69, 9.17) is 6.57 Å². The lowest BCUT2D eigenvalue weighted by molar-refractivity contribution is 0.733. The summed E-state index contributed by atoms with van der Waals surface area (Å²) in [6.45, 7) is 11.9. The van der Waals surface area contributed by atoms with E-state index >= 15 is 0 Å². The van der Waals surface area contributed by atoms with Gasteiger partial charge in [-0.1, -0.05) is 54.6 Å². The zero-order valence-corrected chi connectivity index (χ0v) is 15.3. The number of anilines is 3. The molecule has 0 fully saturated rings. The second-order valence-corrected chi connectivity index (χ2v) is 6.74. The fourth-order valence-corrected chi connectivity index (χ4v) is 3.70. The Labute approximate surface area is 154 Å². The minimum atomic E-state index is 0.151. The molecular weight excluding hydrogens is 318 g/mol. The Morgan fingerprint density at radius 1 is 0.885 bits per heavy atom. The molecule has 1 aliphatic heterocycles. The van der Waals surface area contributed by atoms with Crippen LogP contribution in [0.2, 0.25) is 0 Å². The molecule has 0 amide bonds. The van der Waals surface area contributed by atoms with E-state index in [1.165, 1.54) is 16.7 Å². The Morgan fingerprint density at radius 3 is 2.38 bits per heavy atom. The minimum Gasteiger partial charge on any atom is -0.354 e. The van der Waals surface area contributed by atoms with Crippen molar-refractivity contribution < 1.29 is 0 Å². The molecule has 0 unspecified atom stereocenters. The van der Waals surface area contributed by atoms with Crippen molar-refractivity contribution in [1.82, 2.24) is 0 Å². The molecule has 3 aromatic carbocycles. The third-order valence-corrected chi connectivity index (χ3v) is 5.24. The van der Waals surface area contributed by atoms with Gasteiger partial charge in [-0.2, -0.15) is 0 Å². The summed E-state index contributed by atoms with van der Waals surface area (Å²) in [7, 11) is 2.09. The van der Waals surface area contributed by atoms with Gasteiger partial charge in [0.2, 0.25) is 5.69 Å². The molecule has 0 aliphatic carbocycles. The lowest BCUT2D eigenvalue weighted by atomic mass is 10.0. The summed E-state index contributed by atoms with van der Waals surface area (Å²) >= 11 is 0. The second-order valence-electron chi connectivity index (χ2n) is 6.74. The maximum absolute atomic E-state index is 7.61. The van der Waals surface area contributed by atoms with Crippen LogP contribution in [0.4, 0.5) is 22.7 Å². The number of para-hydroxylation sites is 1. The average Bonchev–Trinajstić information content (AvgIpc) is 2.94. The molecule has 128 valence electrons. The van der Waals surface area contributed by atoms with Gasteiger partial charge in [0.25, 0.3) is 0 Å². The summed E-state index contributed by atoms with van der Waals surface area (Å²) in [5.74, 6) is 0. The van der Waals surface area contributed by atoms with Crippen LogP contribution < -0.4 is 9.80 Å². The van der Waals surface area contributed by atoms with Crippen LogP contribution in [0, 0.1) is 13.5 Å². The third-order valence-electron chi connectivity index (χ3n) is 5.24. The SMILES string of the molecule is [C-]#[N+]c1cccc2c1N(c1cc(-c3ccccc3)ccc1C)[C@@H](C)N2C. The number of hydrogen-bond donors (Lipinski definition) is 0. The fourth-order valence-electron chi connectivity index (χ4n) is 3.70. The van der Waals surface area contributed by atoms with Crippen molar-refractivity contribution in [2.75, 3.05) is 16.8 Å². The largest absolute Gasteiger partial charge is 0.354 e. The van der Waals surface area contributed by atoms with Crippen LogP contribution in [0.15, 0.2) is 66.7 Å². The number of aryl methyl sites for hydroxylation is 1. The molecule has 3 nitrogen and oxygen atoms in total. The van der Waals surface area contributed by atoms with Gasteiger partial charge in [0.15, 0.2) is 0 Å². The molecule has 0 saturated carbocycles. The molecule has 1 heterocycles. The van der Waals surface area contributed by atoms with Crippen LogP contribution in [-0.2, 0) is 0 Å². The standard InChI is InChI=1S/C23H21N3/c1-16-13-14-19(18-9-6-5-7-10-18)15-22(16)26-17(2)25(4)21-12-8-11-20(24-3)23(21)26/h5-15,17H,1-2,4H3/t17-/m0/s1. The number of fused-ring (bicyclic) bond motifs is 1. The summed E-state index contributed by atoms with van der Waals surface area (Å²) in [5, 5.41) is 0. The van der Waals surface area contributed by atoms with Crippen molar-refractivity contribution in [3.8, 4) is 11.1 Å². The highest BCUT2D eigenvalue weighted by Gasteiger charge is 2.34. The molecule has 3 heteroatoms. The lowest BCUT2D eigenvalue weighted by Crippen LogP contribution is -2.35. The van der Waals surface area contributed by atoms with Crippen molar-refractivity contribution in [1.29, 1.82) is 0 Å². The minimum absolute atomic E-state index is 0.151. The number of rotatable bonds is 2. The van der Waals surface area contributed by atoms with Gasteiger partial charge in [0.05, 0.1) is 17.9 Å². The van der Waals surface area contributed by atoms with Gasteiger partial charge in [-0.3, -0.25) is 0 Å². The quantitative estimate of drug-likeness (QED) is 0.519. The molecule has 0 spiro atoms. The first-order chi connectivity index (χ1) is 12.6. The van der Waals surface area contributed by atoms with Crippen LogP contribution in [0.3, 0.4) is 0 Å². The van der Waals surface area contributed by atoms with Gasteiger partial charge >= 0.3 is 0 Å². The number of benzene rings is 3. The predicted octanol–water partition coefficient (Wildman–Crippen LogP) is 6.15. The van der Waals surface area contributed by atoms with Gasteiger partial charge in [-0.05, 0) is 42.7 Å². The summed E-state index contributed by atoms with van der Waals surface area (Å²) in [6, 6.07) is 23.0. The van der Waals surface area contributed by atoms with E-state index in [0.29, 0.717) is 5.69 Å². The molecule has 0 saturated heterocycles. The predicted molar refractivity (Wildman–Crippen MR) is 109 cm³/mol. The molecular formula is C23H21N3. The van der Waals surface area contributed by atoms with Crippen LogP contribution >= 0.6 is 0 Å². The number of hydrogen-bond acceptors (Lipinski definition) is 2. The molecule has 1 aliphatic rings. The van der Waals surface area contributed by atoms with E-state index in [2.05, 4.69) is 84.1 Å². The first kappa shape index (κ1) is 16.2. The zero-order chi connectivity index (χ0) is 18.3. The summed E-state index contributed by atoms with van der Waals surface area (Å²) in [6.07, 6.45) is 0.151. The Hall–Kier alpha value is -3.25. The van der Waals surface area contributed by atoms with Gasteiger partial charge in [-0.25, -0.2) is 4.85 Å². The normalized spacial score (nSPS) is 15.7. The molecule has 0 radical (unpaired) electrons. The topological polar surface area (TPSA) is 10.8 Å². The molecule has 0 N–H and O–H groups in total. The molecule has 4 rings (SSSR count). The highest BCUT2D eigenvalue weighted by Crippen LogP contribution is 2.49. The second kappa shape index (κ2) is 6.24. The summed E-state index contributed by atoms with van der Waals surface area (Å²) < 4.78 is 0. The van der Waals surface area contributed by atoms with Crippen molar-refractivity contribution >= 4 is 22.7 Å². The Balaban J connectivity index is 1.91. The third kappa shape index (κ3) is 2.43. The van der Waals surface area contributed by atoms with E-state index in [9.17, 15) is 0 Å². The molecule has 1 atom stereocenters. The zero-order valence-electron chi connectivity index (χ0n) is 15.3. The van der Waals surface area contributed by atoms with E-state index in [0.717, 1.165) is 17.1 Å². The van der Waals surface area contributed by atoms with Gasteiger partial charge in [0.1, 0.15) is 6.17 Å². The summed E-state index contributed by atoms with van der Waals surface area (Å²) in [5.41, 5.74) is 7.56.